The van der Waals surface area contributed by atoms with Crippen molar-refractivity contribution in [3.63, 3.8) is 0 Å². The van der Waals surface area contributed by atoms with E-state index in [9.17, 15) is 13.2 Å². The summed E-state index contributed by atoms with van der Waals surface area (Å²) in [7, 11) is -3.66. The van der Waals surface area contributed by atoms with Crippen LogP contribution in [0.2, 0.25) is 0 Å². The third kappa shape index (κ3) is 5.06. The van der Waals surface area contributed by atoms with E-state index in [1.54, 1.807) is 12.1 Å². The van der Waals surface area contributed by atoms with E-state index in [4.69, 9.17) is 4.74 Å². The second kappa shape index (κ2) is 8.51. The molecule has 0 bridgehead atoms. The van der Waals surface area contributed by atoms with E-state index in [1.807, 2.05) is 24.3 Å². The van der Waals surface area contributed by atoms with Gasteiger partial charge in [-0.25, -0.2) is 13.1 Å². The minimum atomic E-state index is -3.66. The highest BCUT2D eigenvalue weighted by molar-refractivity contribution is 7.89. The molecular weight excluding hydrogens is 366 g/mol. The van der Waals surface area contributed by atoms with E-state index in [2.05, 4.69) is 14.9 Å². The number of carbonyl (C=O) groups is 1. The Labute approximate surface area is 159 Å². The molecule has 27 heavy (non-hydrogen) atoms. The van der Waals surface area contributed by atoms with E-state index in [0.717, 1.165) is 24.3 Å². The molecule has 3 rings (SSSR count). The molecule has 2 aromatic rings. The SMILES string of the molecule is CC(=O)Nc1ccc(S(=O)(=O)NCc2ccccc2N2CCOCC2)cc1. The Balaban J connectivity index is 1.71. The van der Waals surface area contributed by atoms with Gasteiger partial charge >= 0.3 is 0 Å². The summed E-state index contributed by atoms with van der Waals surface area (Å²) < 4.78 is 33.2. The van der Waals surface area contributed by atoms with E-state index in [0.29, 0.717) is 18.9 Å². The fraction of sp³-hybridized carbons (Fsp3) is 0.316. The number of para-hydroxylation sites is 1. The average molecular weight is 389 g/mol. The Morgan fingerprint density at radius 1 is 1.07 bits per heavy atom. The zero-order valence-corrected chi connectivity index (χ0v) is 16.0. The van der Waals surface area contributed by atoms with Crippen LogP contribution in [0.25, 0.3) is 0 Å². The summed E-state index contributed by atoms with van der Waals surface area (Å²) in [6, 6.07) is 13.8. The summed E-state index contributed by atoms with van der Waals surface area (Å²) in [5.41, 5.74) is 2.49. The van der Waals surface area contributed by atoms with Crippen molar-refractivity contribution in [1.82, 2.24) is 4.72 Å². The van der Waals surface area contributed by atoms with Crippen LogP contribution in [0.1, 0.15) is 12.5 Å². The van der Waals surface area contributed by atoms with Gasteiger partial charge in [0.05, 0.1) is 18.1 Å². The molecule has 0 radical (unpaired) electrons. The van der Waals surface area contributed by atoms with Crippen LogP contribution in [0.4, 0.5) is 11.4 Å². The molecule has 0 aromatic heterocycles. The van der Waals surface area contributed by atoms with Crippen molar-refractivity contribution in [1.29, 1.82) is 0 Å². The number of sulfonamides is 1. The lowest BCUT2D eigenvalue weighted by atomic mass is 10.1. The first-order chi connectivity index (χ1) is 13.0. The van der Waals surface area contributed by atoms with Gasteiger partial charge in [0.15, 0.2) is 0 Å². The van der Waals surface area contributed by atoms with Gasteiger partial charge in [0, 0.05) is 37.9 Å². The Morgan fingerprint density at radius 2 is 1.74 bits per heavy atom. The predicted octanol–water partition coefficient (Wildman–Crippen LogP) is 1.96. The molecule has 0 aliphatic carbocycles. The van der Waals surface area contributed by atoms with Gasteiger partial charge in [-0.1, -0.05) is 18.2 Å². The Kier molecular flexibility index (Phi) is 6.10. The standard InChI is InChI=1S/C19H23N3O4S/c1-15(23)21-17-6-8-18(9-7-17)27(24,25)20-14-16-4-2-3-5-19(16)22-10-12-26-13-11-22/h2-9,20H,10-14H2,1H3,(H,21,23). The molecule has 1 aliphatic heterocycles. The Bertz CT molecular complexity index is 891. The zero-order valence-electron chi connectivity index (χ0n) is 15.1. The van der Waals surface area contributed by atoms with Gasteiger partial charge in [-0.2, -0.15) is 0 Å². The van der Waals surface area contributed by atoms with Crippen molar-refractivity contribution in [3.8, 4) is 0 Å². The van der Waals surface area contributed by atoms with Crippen molar-refractivity contribution < 1.29 is 17.9 Å². The predicted molar refractivity (Wildman–Crippen MR) is 104 cm³/mol. The maximum Gasteiger partial charge on any atom is 0.240 e. The maximum atomic E-state index is 12.6. The van der Waals surface area contributed by atoms with E-state index >= 15 is 0 Å². The summed E-state index contributed by atoms with van der Waals surface area (Å²) in [4.78, 5) is 13.4. The number of amides is 1. The number of benzene rings is 2. The minimum Gasteiger partial charge on any atom is -0.378 e. The number of morpholine rings is 1. The monoisotopic (exact) mass is 389 g/mol. The molecule has 1 heterocycles. The lowest BCUT2D eigenvalue weighted by Crippen LogP contribution is -2.37. The first-order valence-electron chi connectivity index (χ1n) is 8.73. The van der Waals surface area contributed by atoms with Crippen molar-refractivity contribution >= 4 is 27.3 Å². The van der Waals surface area contributed by atoms with Gasteiger partial charge < -0.3 is 15.0 Å². The highest BCUT2D eigenvalue weighted by atomic mass is 32.2. The number of anilines is 2. The van der Waals surface area contributed by atoms with Crippen LogP contribution < -0.4 is 14.9 Å². The van der Waals surface area contributed by atoms with Gasteiger partial charge in [0.2, 0.25) is 15.9 Å². The summed E-state index contributed by atoms with van der Waals surface area (Å²) >= 11 is 0. The maximum absolute atomic E-state index is 12.6. The van der Waals surface area contributed by atoms with Crippen LogP contribution in [0.5, 0.6) is 0 Å². The largest absolute Gasteiger partial charge is 0.378 e. The molecular formula is C19H23N3O4S. The van der Waals surface area contributed by atoms with Crippen molar-refractivity contribution in [2.75, 3.05) is 36.5 Å². The van der Waals surface area contributed by atoms with Gasteiger partial charge in [-0.15, -0.1) is 0 Å². The molecule has 1 saturated heterocycles. The van der Waals surface area contributed by atoms with Crippen molar-refractivity contribution in [3.05, 3.63) is 54.1 Å². The third-order valence-corrected chi connectivity index (χ3v) is 5.70. The molecule has 0 spiro atoms. The number of nitrogens with zero attached hydrogens (tertiary/aromatic N) is 1. The number of hydrogen-bond donors (Lipinski definition) is 2. The van der Waals surface area contributed by atoms with Gasteiger partial charge in [-0.05, 0) is 35.9 Å². The second-order valence-corrected chi connectivity index (χ2v) is 8.03. The van der Waals surface area contributed by atoms with E-state index < -0.39 is 10.0 Å². The van der Waals surface area contributed by atoms with Crippen LogP contribution in [0.15, 0.2) is 53.4 Å². The van der Waals surface area contributed by atoms with E-state index in [1.165, 1.54) is 19.1 Å². The second-order valence-electron chi connectivity index (χ2n) is 6.26. The van der Waals surface area contributed by atoms with Crippen molar-refractivity contribution in [2.45, 2.75) is 18.4 Å². The molecule has 0 saturated carbocycles. The number of carbonyl (C=O) groups excluding carboxylic acids is 1. The Morgan fingerprint density at radius 3 is 2.41 bits per heavy atom. The fourth-order valence-corrected chi connectivity index (χ4v) is 3.96. The molecule has 2 aromatic carbocycles. The number of rotatable bonds is 6. The molecule has 1 aliphatic rings. The topological polar surface area (TPSA) is 87.7 Å². The first-order valence-corrected chi connectivity index (χ1v) is 10.2. The number of hydrogen-bond acceptors (Lipinski definition) is 5. The van der Waals surface area contributed by atoms with Gasteiger partial charge in [0.1, 0.15) is 0 Å². The van der Waals surface area contributed by atoms with Crippen LogP contribution in [0, 0.1) is 0 Å². The van der Waals surface area contributed by atoms with Crippen LogP contribution in [-0.4, -0.2) is 40.6 Å². The summed E-state index contributed by atoms with van der Waals surface area (Å²) in [6.07, 6.45) is 0. The summed E-state index contributed by atoms with van der Waals surface area (Å²) in [5, 5.41) is 2.62. The highest BCUT2D eigenvalue weighted by Gasteiger charge is 2.17. The Hall–Kier alpha value is -2.42. The smallest absolute Gasteiger partial charge is 0.240 e. The molecule has 0 atom stereocenters. The molecule has 1 amide bonds. The van der Waals surface area contributed by atoms with E-state index in [-0.39, 0.29) is 17.3 Å². The van der Waals surface area contributed by atoms with Crippen LogP contribution in [-0.2, 0) is 26.1 Å². The normalized spacial score (nSPS) is 14.8. The minimum absolute atomic E-state index is 0.153. The molecule has 144 valence electrons. The van der Waals surface area contributed by atoms with Crippen molar-refractivity contribution in [2.24, 2.45) is 0 Å². The lowest BCUT2D eigenvalue weighted by Gasteiger charge is -2.30. The van der Waals surface area contributed by atoms with Crippen LogP contribution >= 0.6 is 0 Å². The number of ether oxygens (including phenoxy) is 1. The third-order valence-electron chi connectivity index (χ3n) is 4.28. The molecule has 7 nitrogen and oxygen atoms in total. The average Bonchev–Trinajstić information content (AvgIpc) is 2.67. The van der Waals surface area contributed by atoms with Crippen LogP contribution in [0.3, 0.4) is 0 Å². The zero-order chi connectivity index (χ0) is 19.3. The molecule has 2 N–H and O–H groups in total. The van der Waals surface area contributed by atoms with Gasteiger partial charge in [0.25, 0.3) is 0 Å². The van der Waals surface area contributed by atoms with Gasteiger partial charge in [-0.3, -0.25) is 4.79 Å². The summed E-state index contributed by atoms with van der Waals surface area (Å²) in [5.74, 6) is -0.205. The first kappa shape index (κ1) is 19.3. The quantitative estimate of drug-likeness (QED) is 0.789. The lowest BCUT2D eigenvalue weighted by molar-refractivity contribution is -0.114. The molecule has 1 fully saturated rings. The molecule has 8 heteroatoms. The summed E-state index contributed by atoms with van der Waals surface area (Å²) in [6.45, 7) is 4.51. The molecule has 0 unspecified atom stereocenters. The fourth-order valence-electron chi connectivity index (χ4n) is 2.95. The highest BCUT2D eigenvalue weighted by Crippen LogP contribution is 2.22. The number of nitrogens with one attached hydrogen (secondary N) is 2.